The monoisotopic (exact) mass is 296 g/mol. The van der Waals surface area contributed by atoms with Crippen molar-refractivity contribution in [2.75, 3.05) is 32.8 Å². The van der Waals surface area contributed by atoms with Crippen LogP contribution in [0.1, 0.15) is 60.3 Å². The van der Waals surface area contributed by atoms with Gasteiger partial charge in [0.2, 0.25) is 0 Å². The van der Waals surface area contributed by atoms with Crippen molar-refractivity contribution >= 4 is 0 Å². The largest absolute Gasteiger partial charge is 0.379 e. The lowest BCUT2D eigenvalue weighted by atomic mass is 9.69. The van der Waals surface area contributed by atoms with E-state index in [2.05, 4.69) is 44.8 Å². The Morgan fingerprint density at radius 1 is 1.00 bits per heavy atom. The van der Waals surface area contributed by atoms with Crippen molar-refractivity contribution in [1.82, 2.24) is 10.2 Å². The third kappa shape index (κ3) is 4.67. The van der Waals surface area contributed by atoms with E-state index in [1.807, 2.05) is 0 Å². The molecular formula is C18H36N2O. The standard InChI is InChI=1S/C18H36N2O/c1-17(2,3)15-8-6-7-9-16(15)19-14-18(4,5)20-10-12-21-13-11-20/h15-16,19H,6-14H2,1-5H3. The molecule has 1 N–H and O–H groups in total. The van der Waals surface area contributed by atoms with E-state index in [1.54, 1.807) is 0 Å². The van der Waals surface area contributed by atoms with Gasteiger partial charge in [0.1, 0.15) is 0 Å². The molecule has 0 spiro atoms. The quantitative estimate of drug-likeness (QED) is 0.861. The zero-order valence-corrected chi connectivity index (χ0v) is 14.9. The van der Waals surface area contributed by atoms with Gasteiger partial charge in [-0.1, -0.05) is 33.6 Å². The first-order valence-electron chi connectivity index (χ1n) is 8.87. The fourth-order valence-corrected chi connectivity index (χ4v) is 4.07. The Kier molecular flexibility index (Phi) is 5.72. The van der Waals surface area contributed by atoms with Gasteiger partial charge in [-0.15, -0.1) is 0 Å². The first-order chi connectivity index (χ1) is 9.81. The molecule has 0 bridgehead atoms. The summed E-state index contributed by atoms with van der Waals surface area (Å²) in [6.45, 7) is 17.0. The lowest BCUT2D eigenvalue weighted by Crippen LogP contribution is -2.57. The third-order valence-electron chi connectivity index (χ3n) is 5.54. The predicted molar refractivity (Wildman–Crippen MR) is 89.7 cm³/mol. The third-order valence-corrected chi connectivity index (χ3v) is 5.54. The van der Waals surface area contributed by atoms with Crippen LogP contribution >= 0.6 is 0 Å². The summed E-state index contributed by atoms with van der Waals surface area (Å²) in [5.41, 5.74) is 0.644. The van der Waals surface area contributed by atoms with Crippen LogP contribution in [-0.4, -0.2) is 49.3 Å². The summed E-state index contributed by atoms with van der Waals surface area (Å²) >= 11 is 0. The van der Waals surface area contributed by atoms with Gasteiger partial charge in [0.15, 0.2) is 0 Å². The van der Waals surface area contributed by atoms with E-state index in [1.165, 1.54) is 25.7 Å². The molecule has 3 heteroatoms. The van der Waals surface area contributed by atoms with Gasteiger partial charge in [-0.3, -0.25) is 4.90 Å². The van der Waals surface area contributed by atoms with Crippen molar-refractivity contribution in [2.45, 2.75) is 71.9 Å². The molecule has 1 saturated heterocycles. The molecule has 3 nitrogen and oxygen atoms in total. The first kappa shape index (κ1) is 17.2. The smallest absolute Gasteiger partial charge is 0.0594 e. The average Bonchev–Trinajstić information content (AvgIpc) is 2.45. The molecule has 2 aliphatic rings. The summed E-state index contributed by atoms with van der Waals surface area (Å²) < 4.78 is 5.49. The van der Waals surface area contributed by atoms with E-state index in [9.17, 15) is 0 Å². The summed E-state index contributed by atoms with van der Waals surface area (Å²) in [7, 11) is 0. The number of morpholine rings is 1. The molecule has 1 heterocycles. The molecule has 2 rings (SSSR count). The molecule has 2 atom stereocenters. The fourth-order valence-electron chi connectivity index (χ4n) is 4.07. The zero-order valence-electron chi connectivity index (χ0n) is 14.9. The van der Waals surface area contributed by atoms with E-state index in [0.29, 0.717) is 11.5 Å². The van der Waals surface area contributed by atoms with Crippen LogP contribution in [0, 0.1) is 11.3 Å². The lowest BCUT2D eigenvalue weighted by Gasteiger charge is -2.45. The van der Waals surface area contributed by atoms with E-state index in [4.69, 9.17) is 4.74 Å². The average molecular weight is 296 g/mol. The summed E-state index contributed by atoms with van der Waals surface area (Å²) in [4.78, 5) is 2.58. The van der Waals surface area contributed by atoms with Gasteiger partial charge in [-0.2, -0.15) is 0 Å². The van der Waals surface area contributed by atoms with E-state index in [-0.39, 0.29) is 5.54 Å². The normalized spacial score (nSPS) is 29.6. The summed E-state index contributed by atoms with van der Waals surface area (Å²) in [6.07, 6.45) is 5.54. The Hall–Kier alpha value is -0.120. The molecule has 0 aromatic carbocycles. The Morgan fingerprint density at radius 3 is 2.24 bits per heavy atom. The minimum absolute atomic E-state index is 0.226. The first-order valence-corrected chi connectivity index (χ1v) is 8.87. The Morgan fingerprint density at radius 2 is 1.62 bits per heavy atom. The minimum Gasteiger partial charge on any atom is -0.379 e. The van der Waals surface area contributed by atoms with Crippen molar-refractivity contribution in [3.8, 4) is 0 Å². The highest BCUT2D eigenvalue weighted by atomic mass is 16.5. The van der Waals surface area contributed by atoms with Crippen LogP contribution in [0.2, 0.25) is 0 Å². The Labute approximate surface area is 131 Å². The van der Waals surface area contributed by atoms with Crippen molar-refractivity contribution in [1.29, 1.82) is 0 Å². The second kappa shape index (κ2) is 6.97. The van der Waals surface area contributed by atoms with Crippen LogP contribution in [0.5, 0.6) is 0 Å². The van der Waals surface area contributed by atoms with Crippen LogP contribution < -0.4 is 5.32 Å². The number of hydrogen-bond donors (Lipinski definition) is 1. The SMILES string of the molecule is CC(C)(C)C1CCCCC1NCC(C)(C)N1CCOCC1. The van der Waals surface area contributed by atoms with Crippen LogP contribution in [0.15, 0.2) is 0 Å². The van der Waals surface area contributed by atoms with Crippen LogP contribution in [0.25, 0.3) is 0 Å². The molecule has 2 fully saturated rings. The van der Waals surface area contributed by atoms with Crippen molar-refractivity contribution < 1.29 is 4.74 Å². The molecule has 124 valence electrons. The Balaban J connectivity index is 1.90. The summed E-state index contributed by atoms with van der Waals surface area (Å²) in [5.74, 6) is 0.812. The number of ether oxygens (including phenoxy) is 1. The van der Waals surface area contributed by atoms with E-state index in [0.717, 1.165) is 38.8 Å². The second-order valence-corrected chi connectivity index (χ2v) is 8.66. The second-order valence-electron chi connectivity index (χ2n) is 8.66. The molecule has 0 aromatic rings. The highest BCUT2D eigenvalue weighted by Crippen LogP contribution is 2.38. The molecule has 2 unspecified atom stereocenters. The molecule has 21 heavy (non-hydrogen) atoms. The summed E-state index contributed by atoms with van der Waals surface area (Å²) in [5, 5.41) is 3.93. The molecule has 1 aliphatic carbocycles. The molecule has 0 radical (unpaired) electrons. The van der Waals surface area contributed by atoms with Gasteiger partial charge in [0, 0.05) is 31.2 Å². The maximum atomic E-state index is 5.49. The number of nitrogens with zero attached hydrogens (tertiary/aromatic N) is 1. The zero-order chi connectivity index (χ0) is 15.5. The summed E-state index contributed by atoms with van der Waals surface area (Å²) in [6, 6.07) is 0.694. The van der Waals surface area contributed by atoms with Gasteiger partial charge in [-0.05, 0) is 38.0 Å². The van der Waals surface area contributed by atoms with E-state index < -0.39 is 0 Å². The van der Waals surface area contributed by atoms with Crippen LogP contribution in [0.3, 0.4) is 0 Å². The fraction of sp³-hybridized carbons (Fsp3) is 1.00. The van der Waals surface area contributed by atoms with Crippen LogP contribution in [0.4, 0.5) is 0 Å². The number of rotatable bonds is 4. The van der Waals surface area contributed by atoms with Gasteiger partial charge in [-0.25, -0.2) is 0 Å². The number of nitrogens with one attached hydrogen (secondary N) is 1. The molecular weight excluding hydrogens is 260 g/mol. The van der Waals surface area contributed by atoms with Gasteiger partial charge < -0.3 is 10.1 Å². The maximum Gasteiger partial charge on any atom is 0.0594 e. The van der Waals surface area contributed by atoms with Crippen molar-refractivity contribution in [3.63, 3.8) is 0 Å². The maximum absolute atomic E-state index is 5.49. The minimum atomic E-state index is 0.226. The molecule has 0 amide bonds. The molecule has 1 aliphatic heterocycles. The van der Waals surface area contributed by atoms with Crippen LogP contribution in [-0.2, 0) is 4.74 Å². The van der Waals surface area contributed by atoms with Crippen molar-refractivity contribution in [3.05, 3.63) is 0 Å². The van der Waals surface area contributed by atoms with E-state index >= 15 is 0 Å². The molecule has 1 saturated carbocycles. The molecule has 0 aromatic heterocycles. The van der Waals surface area contributed by atoms with Crippen molar-refractivity contribution in [2.24, 2.45) is 11.3 Å². The van der Waals surface area contributed by atoms with Gasteiger partial charge in [0.05, 0.1) is 13.2 Å². The predicted octanol–water partition coefficient (Wildman–Crippen LogP) is 3.29. The topological polar surface area (TPSA) is 24.5 Å². The highest BCUT2D eigenvalue weighted by molar-refractivity contribution is 4.92. The van der Waals surface area contributed by atoms with Gasteiger partial charge >= 0.3 is 0 Å². The lowest BCUT2D eigenvalue weighted by molar-refractivity contribution is -0.0125. The highest BCUT2D eigenvalue weighted by Gasteiger charge is 2.35. The number of hydrogen-bond acceptors (Lipinski definition) is 3. The van der Waals surface area contributed by atoms with Gasteiger partial charge in [0.25, 0.3) is 0 Å². The Bertz CT molecular complexity index is 316.